The zero-order valence-electron chi connectivity index (χ0n) is 20.8. The van der Waals surface area contributed by atoms with Crippen molar-refractivity contribution in [3.8, 4) is 11.5 Å². The molecule has 0 aliphatic rings. The standard InChI is InChI=1S/C22H22F3N5O10S/c1-38-16-8-14(39-18(33)11-2-5-13(6-3-11)29-21(26)27)7-4-12(16)10-28-41(36,37)30-15(9-17(31)32)19(34)40-20(35)22(23,24)25/h2-8,15,28,30H,9-10H2,1H3,(H,31,32)(H4,26,27,29)/t15-/m0/s1. The lowest BCUT2D eigenvalue weighted by Gasteiger charge is -2.17. The van der Waals surface area contributed by atoms with Crippen LogP contribution >= 0.6 is 0 Å². The summed E-state index contributed by atoms with van der Waals surface area (Å²) < 4.78 is 79.2. The normalized spacial score (nSPS) is 12.1. The summed E-state index contributed by atoms with van der Waals surface area (Å²) in [4.78, 5) is 49.9. The van der Waals surface area contributed by atoms with Crippen LogP contribution in [0, 0.1) is 0 Å². The number of nitrogens with two attached hydrogens (primary N) is 2. The van der Waals surface area contributed by atoms with Gasteiger partial charge in [-0.2, -0.15) is 31.0 Å². The molecule has 41 heavy (non-hydrogen) atoms. The Morgan fingerprint density at radius 3 is 2.24 bits per heavy atom. The second kappa shape index (κ2) is 13.5. The third-order valence-electron chi connectivity index (χ3n) is 4.67. The summed E-state index contributed by atoms with van der Waals surface area (Å²) in [7, 11) is -3.55. The predicted molar refractivity (Wildman–Crippen MR) is 132 cm³/mol. The molecule has 0 saturated carbocycles. The predicted octanol–water partition coefficient (Wildman–Crippen LogP) is 0.219. The van der Waals surface area contributed by atoms with Gasteiger partial charge in [0.1, 0.15) is 17.5 Å². The van der Waals surface area contributed by atoms with E-state index in [1.807, 2.05) is 4.72 Å². The summed E-state index contributed by atoms with van der Waals surface area (Å²) in [6.07, 6.45) is -6.93. The highest BCUT2D eigenvalue weighted by Crippen LogP contribution is 2.26. The van der Waals surface area contributed by atoms with E-state index in [1.54, 1.807) is 0 Å². The fraction of sp³-hybridized carbons (Fsp3) is 0.227. The lowest BCUT2D eigenvalue weighted by atomic mass is 10.2. The summed E-state index contributed by atoms with van der Waals surface area (Å²) in [6.45, 7) is -0.546. The number of guanidine groups is 1. The molecular weight excluding hydrogens is 583 g/mol. The molecule has 2 aromatic carbocycles. The minimum Gasteiger partial charge on any atom is -0.496 e. The van der Waals surface area contributed by atoms with Gasteiger partial charge in [0.05, 0.1) is 24.8 Å². The highest BCUT2D eigenvalue weighted by Gasteiger charge is 2.44. The van der Waals surface area contributed by atoms with Crippen LogP contribution in [0.4, 0.5) is 18.9 Å². The van der Waals surface area contributed by atoms with Gasteiger partial charge in [-0.3, -0.25) is 4.79 Å². The molecule has 0 amide bonds. The van der Waals surface area contributed by atoms with Crippen LogP contribution in [0.5, 0.6) is 11.5 Å². The van der Waals surface area contributed by atoms with Crippen molar-refractivity contribution in [2.24, 2.45) is 16.5 Å². The summed E-state index contributed by atoms with van der Waals surface area (Å²) in [5.41, 5.74) is 11.3. The van der Waals surface area contributed by atoms with Gasteiger partial charge in [-0.05, 0) is 30.3 Å². The highest BCUT2D eigenvalue weighted by molar-refractivity contribution is 7.87. The molecule has 0 radical (unpaired) electrons. The van der Waals surface area contributed by atoms with Crippen LogP contribution < -0.4 is 30.4 Å². The molecule has 0 spiro atoms. The van der Waals surface area contributed by atoms with Crippen molar-refractivity contribution in [3.05, 3.63) is 53.6 Å². The first kappa shape index (κ1) is 32.5. The van der Waals surface area contributed by atoms with Crippen molar-refractivity contribution in [1.82, 2.24) is 9.44 Å². The van der Waals surface area contributed by atoms with Crippen LogP contribution in [0.15, 0.2) is 47.5 Å². The number of halogens is 3. The first-order chi connectivity index (χ1) is 19.0. The number of aliphatic carboxylic acids is 1. The van der Waals surface area contributed by atoms with Gasteiger partial charge in [-0.15, -0.1) is 0 Å². The van der Waals surface area contributed by atoms with Crippen LogP contribution in [0.3, 0.4) is 0 Å². The topological polar surface area (TPSA) is 239 Å². The van der Waals surface area contributed by atoms with E-state index in [9.17, 15) is 40.8 Å². The molecule has 0 bridgehead atoms. The Balaban J connectivity index is 2.10. The molecule has 0 fully saturated rings. The third-order valence-corrected chi connectivity index (χ3v) is 5.79. The molecule has 0 aliphatic heterocycles. The minimum atomic E-state index is -5.59. The zero-order chi connectivity index (χ0) is 31.0. The van der Waals surface area contributed by atoms with Gasteiger partial charge < -0.3 is 30.8 Å². The van der Waals surface area contributed by atoms with Crippen molar-refractivity contribution >= 4 is 45.7 Å². The number of nitrogens with one attached hydrogen (secondary N) is 2. The van der Waals surface area contributed by atoms with Crippen LogP contribution in [0.2, 0.25) is 0 Å². The summed E-state index contributed by atoms with van der Waals surface area (Å²) in [5, 5.41) is 8.87. The summed E-state index contributed by atoms with van der Waals surface area (Å²) in [6, 6.07) is 7.21. The van der Waals surface area contributed by atoms with Crippen LogP contribution in [0.25, 0.3) is 0 Å². The van der Waals surface area contributed by atoms with Gasteiger partial charge in [-0.25, -0.2) is 19.4 Å². The Bertz CT molecular complexity index is 1440. The van der Waals surface area contributed by atoms with Crippen LogP contribution in [-0.2, 0) is 35.9 Å². The average molecular weight is 606 g/mol. The number of carbonyl (C=O) groups excluding carboxylic acids is 3. The van der Waals surface area contributed by atoms with Crippen LogP contribution in [-0.4, -0.2) is 62.7 Å². The first-order valence-corrected chi connectivity index (χ1v) is 12.4. The number of ether oxygens (including phenoxy) is 3. The van der Waals surface area contributed by atoms with Crippen molar-refractivity contribution in [3.63, 3.8) is 0 Å². The van der Waals surface area contributed by atoms with E-state index in [1.165, 1.54) is 54.3 Å². The van der Waals surface area contributed by atoms with Gasteiger partial charge in [0.15, 0.2) is 5.96 Å². The second-order valence-electron chi connectivity index (χ2n) is 7.75. The van der Waals surface area contributed by atoms with E-state index >= 15 is 0 Å². The third kappa shape index (κ3) is 10.4. The number of methoxy groups -OCH3 is 1. The summed E-state index contributed by atoms with van der Waals surface area (Å²) >= 11 is 0. The lowest BCUT2D eigenvalue weighted by Crippen LogP contribution is -2.48. The van der Waals surface area contributed by atoms with E-state index in [-0.39, 0.29) is 28.6 Å². The van der Waals surface area contributed by atoms with E-state index in [2.05, 4.69) is 9.73 Å². The number of esters is 3. The Hall–Kier alpha value is -4.75. The number of carboxylic acid groups (broad SMARTS) is 1. The molecule has 15 nitrogen and oxygen atoms in total. The maximum atomic E-state index is 12.4. The largest absolute Gasteiger partial charge is 0.496 e. The molecule has 2 aromatic rings. The molecular formula is C22H22F3N5O10S. The number of alkyl halides is 3. The Kier molecular flexibility index (Phi) is 10.7. The molecule has 0 aliphatic carbocycles. The molecule has 0 aromatic heterocycles. The van der Waals surface area contributed by atoms with E-state index in [4.69, 9.17) is 26.0 Å². The number of nitrogens with zero attached hydrogens (tertiary/aromatic N) is 1. The minimum absolute atomic E-state index is 0.00322. The summed E-state index contributed by atoms with van der Waals surface area (Å²) in [5.74, 6) is -7.74. The number of carbonyl (C=O) groups is 4. The maximum Gasteiger partial charge on any atom is 0.491 e. The van der Waals surface area contributed by atoms with E-state index in [0.29, 0.717) is 5.69 Å². The molecule has 19 heteroatoms. The van der Waals surface area contributed by atoms with Gasteiger partial charge in [0, 0.05) is 18.2 Å². The van der Waals surface area contributed by atoms with Crippen molar-refractivity contribution < 1.29 is 60.1 Å². The van der Waals surface area contributed by atoms with Crippen molar-refractivity contribution in [1.29, 1.82) is 0 Å². The number of benzene rings is 2. The van der Waals surface area contributed by atoms with E-state index in [0.717, 1.165) is 0 Å². The Labute approximate surface area is 229 Å². The quantitative estimate of drug-likeness (QED) is 0.0718. The fourth-order valence-corrected chi connectivity index (χ4v) is 3.87. The Morgan fingerprint density at radius 1 is 1.07 bits per heavy atom. The van der Waals surface area contributed by atoms with Crippen LogP contribution in [0.1, 0.15) is 22.3 Å². The number of carboxylic acids is 1. The Morgan fingerprint density at radius 2 is 1.71 bits per heavy atom. The second-order valence-corrected chi connectivity index (χ2v) is 9.28. The monoisotopic (exact) mass is 605 g/mol. The molecule has 2 rings (SSSR count). The van der Waals surface area contributed by atoms with Gasteiger partial charge in [0.2, 0.25) is 0 Å². The van der Waals surface area contributed by atoms with Gasteiger partial charge in [0.25, 0.3) is 10.2 Å². The number of hydrogen-bond donors (Lipinski definition) is 5. The van der Waals surface area contributed by atoms with Gasteiger partial charge in [-0.1, -0.05) is 6.07 Å². The SMILES string of the molecule is COc1cc(OC(=O)c2ccc(N=C(N)N)cc2)ccc1CNS(=O)(=O)N[C@@H](CC(=O)O)C(=O)OC(=O)C(F)(F)F. The molecule has 222 valence electrons. The molecule has 0 heterocycles. The molecule has 7 N–H and O–H groups in total. The molecule has 0 unspecified atom stereocenters. The fourth-order valence-electron chi connectivity index (χ4n) is 2.89. The van der Waals surface area contributed by atoms with E-state index < -0.39 is 59.3 Å². The van der Waals surface area contributed by atoms with Crippen molar-refractivity contribution in [2.75, 3.05) is 7.11 Å². The van der Waals surface area contributed by atoms with Gasteiger partial charge >= 0.3 is 30.1 Å². The number of hydrogen-bond acceptors (Lipinski definition) is 10. The molecule has 0 saturated heterocycles. The first-order valence-electron chi connectivity index (χ1n) is 10.9. The van der Waals surface area contributed by atoms with Crippen molar-refractivity contribution in [2.45, 2.75) is 25.2 Å². The highest BCUT2D eigenvalue weighted by atomic mass is 32.2. The maximum absolute atomic E-state index is 12.4. The number of rotatable bonds is 12. The zero-order valence-corrected chi connectivity index (χ0v) is 21.6. The lowest BCUT2D eigenvalue weighted by molar-refractivity contribution is -0.202. The molecule has 1 atom stereocenters. The average Bonchev–Trinajstić information content (AvgIpc) is 2.86. The smallest absolute Gasteiger partial charge is 0.491 e. The number of aliphatic imine (C=N–C) groups is 1.